The monoisotopic (exact) mass is 446 g/mol. The molecule has 0 saturated heterocycles. The van der Waals surface area contributed by atoms with Crippen molar-refractivity contribution in [2.45, 2.75) is 97.0 Å². The highest BCUT2D eigenvalue weighted by Crippen LogP contribution is 2.13. The average molecular weight is 447 g/mol. The molecule has 1 aromatic carbocycles. The van der Waals surface area contributed by atoms with Crippen LogP contribution in [0.2, 0.25) is 0 Å². The van der Waals surface area contributed by atoms with Crippen molar-refractivity contribution < 1.29 is 15.0 Å². The van der Waals surface area contributed by atoms with Crippen molar-refractivity contribution in [1.29, 1.82) is 0 Å². The summed E-state index contributed by atoms with van der Waals surface area (Å²) >= 11 is 0. The van der Waals surface area contributed by atoms with Gasteiger partial charge in [-0.1, -0.05) is 96.1 Å². The summed E-state index contributed by atoms with van der Waals surface area (Å²) in [5.74, 6) is -0.972. The summed E-state index contributed by atoms with van der Waals surface area (Å²) in [6, 6.07) is 6.21. The molecule has 0 saturated carbocycles. The van der Waals surface area contributed by atoms with E-state index in [2.05, 4.69) is 36.2 Å². The molecule has 0 atom stereocenters. The summed E-state index contributed by atoms with van der Waals surface area (Å²) in [5.41, 5.74) is 0.821. The fourth-order valence-corrected chi connectivity index (χ4v) is 3.87. The molecule has 0 spiro atoms. The quantitative estimate of drug-likeness (QED) is 0.279. The first kappa shape index (κ1) is 28.0. The van der Waals surface area contributed by atoms with E-state index in [1.54, 1.807) is 12.1 Å². The Morgan fingerprint density at radius 2 is 1.44 bits per heavy atom. The van der Waals surface area contributed by atoms with Gasteiger partial charge in [-0.2, -0.15) is 0 Å². The minimum absolute atomic E-state index is 0.124. The predicted octanol–water partition coefficient (Wildman–Crippen LogP) is 6.63. The lowest BCUT2D eigenvalue weighted by molar-refractivity contribution is 0.0696. The van der Waals surface area contributed by atoms with Gasteiger partial charge in [0.1, 0.15) is 0 Å². The summed E-state index contributed by atoms with van der Waals surface area (Å²) in [6.07, 6.45) is 23.1. The Kier molecular flexibility index (Phi) is 16.2. The number of carbonyl (C=O) groups is 1. The van der Waals surface area contributed by atoms with E-state index in [0.717, 1.165) is 6.67 Å². The number of unbranched alkanes of at least 4 members (excludes halogenated alkanes) is 12. The molecule has 1 aliphatic heterocycles. The van der Waals surface area contributed by atoms with Gasteiger partial charge in [0.2, 0.25) is 0 Å². The number of carboxylic acid groups (broad SMARTS) is 1. The highest BCUT2D eigenvalue weighted by atomic mass is 16.4. The standard InChI is InChI=1S/C19H38N2.C8H8O3/c1-3-4-5-6-7-8-9-10-11-12-13-14-15-16-21-18-17-20(2)19-21;9-5-6-2-1-3-7(4-6)8(10)11/h17-18H,3-16,19H2,1-2H3;1-4,9H,5H2,(H,10,11). The van der Waals surface area contributed by atoms with E-state index in [1.807, 2.05) is 0 Å². The molecule has 1 aromatic rings. The van der Waals surface area contributed by atoms with Crippen LogP contribution < -0.4 is 0 Å². The van der Waals surface area contributed by atoms with Crippen LogP contribution in [0.15, 0.2) is 36.7 Å². The number of aromatic carboxylic acids is 1. The van der Waals surface area contributed by atoms with E-state index < -0.39 is 5.97 Å². The Labute approximate surface area is 196 Å². The first-order chi connectivity index (χ1) is 15.6. The second-order valence-electron chi connectivity index (χ2n) is 8.92. The topological polar surface area (TPSA) is 64.0 Å². The van der Waals surface area contributed by atoms with Crippen LogP contribution in [0.5, 0.6) is 0 Å². The van der Waals surface area contributed by atoms with Gasteiger partial charge in [-0.05, 0) is 24.1 Å². The van der Waals surface area contributed by atoms with Gasteiger partial charge in [-0.3, -0.25) is 0 Å². The van der Waals surface area contributed by atoms with Gasteiger partial charge in [-0.25, -0.2) is 4.79 Å². The van der Waals surface area contributed by atoms with E-state index in [4.69, 9.17) is 10.2 Å². The lowest BCUT2D eigenvalue weighted by Crippen LogP contribution is -2.23. The largest absolute Gasteiger partial charge is 0.478 e. The molecule has 0 fully saturated rings. The summed E-state index contributed by atoms with van der Waals surface area (Å²) in [4.78, 5) is 15.0. The van der Waals surface area contributed by atoms with Crippen molar-refractivity contribution in [2.75, 3.05) is 20.3 Å². The first-order valence-corrected chi connectivity index (χ1v) is 12.6. The fraction of sp³-hybridized carbons (Fsp3) is 0.667. The van der Waals surface area contributed by atoms with Gasteiger partial charge >= 0.3 is 5.97 Å². The zero-order valence-corrected chi connectivity index (χ0v) is 20.5. The molecule has 2 rings (SSSR count). The molecule has 0 unspecified atom stereocenters. The van der Waals surface area contributed by atoms with E-state index in [9.17, 15) is 4.79 Å². The number of rotatable bonds is 16. The molecule has 0 amide bonds. The van der Waals surface area contributed by atoms with Crippen LogP contribution in [0.25, 0.3) is 0 Å². The lowest BCUT2D eigenvalue weighted by atomic mass is 10.0. The highest BCUT2D eigenvalue weighted by molar-refractivity contribution is 5.87. The minimum atomic E-state index is -0.972. The molecular formula is C27H46N2O3. The van der Waals surface area contributed by atoms with Gasteiger partial charge in [0, 0.05) is 26.0 Å². The number of benzene rings is 1. The number of aliphatic hydroxyl groups excluding tert-OH is 1. The summed E-state index contributed by atoms with van der Waals surface area (Å²) in [5, 5.41) is 17.2. The van der Waals surface area contributed by atoms with E-state index in [0.29, 0.717) is 5.56 Å². The van der Waals surface area contributed by atoms with Crippen LogP contribution in [-0.2, 0) is 6.61 Å². The van der Waals surface area contributed by atoms with Crippen molar-refractivity contribution in [2.24, 2.45) is 0 Å². The van der Waals surface area contributed by atoms with Crippen molar-refractivity contribution in [3.63, 3.8) is 0 Å². The normalized spacial score (nSPS) is 12.7. The van der Waals surface area contributed by atoms with Crippen molar-refractivity contribution in [3.05, 3.63) is 47.8 Å². The highest BCUT2D eigenvalue weighted by Gasteiger charge is 2.06. The number of carboxylic acids is 1. The van der Waals surface area contributed by atoms with Crippen molar-refractivity contribution >= 4 is 5.97 Å². The molecular weight excluding hydrogens is 400 g/mol. The summed E-state index contributed by atoms with van der Waals surface area (Å²) in [6.45, 7) is 4.48. The van der Waals surface area contributed by atoms with Gasteiger partial charge in [0.05, 0.1) is 18.8 Å². The second kappa shape index (κ2) is 18.6. The van der Waals surface area contributed by atoms with Crippen LogP contribution in [0, 0.1) is 0 Å². The Morgan fingerprint density at radius 1 is 0.875 bits per heavy atom. The van der Waals surface area contributed by atoms with Crippen molar-refractivity contribution in [1.82, 2.24) is 9.80 Å². The van der Waals surface area contributed by atoms with Gasteiger partial charge in [-0.15, -0.1) is 0 Å². The zero-order chi connectivity index (χ0) is 23.4. The maximum atomic E-state index is 10.4. The third-order valence-electron chi connectivity index (χ3n) is 5.84. The lowest BCUT2D eigenvalue weighted by Gasteiger charge is -2.17. The average Bonchev–Trinajstić information content (AvgIpc) is 3.22. The van der Waals surface area contributed by atoms with E-state index in [-0.39, 0.29) is 12.2 Å². The van der Waals surface area contributed by atoms with Gasteiger partial charge in [0.15, 0.2) is 0 Å². The zero-order valence-electron chi connectivity index (χ0n) is 20.5. The van der Waals surface area contributed by atoms with Gasteiger partial charge in [0.25, 0.3) is 0 Å². The van der Waals surface area contributed by atoms with Crippen LogP contribution in [0.3, 0.4) is 0 Å². The molecule has 1 heterocycles. The molecule has 32 heavy (non-hydrogen) atoms. The van der Waals surface area contributed by atoms with Crippen LogP contribution >= 0.6 is 0 Å². The SMILES string of the molecule is CCCCCCCCCCCCCCCN1C=CN(C)C1.O=C(O)c1cccc(CO)c1. The van der Waals surface area contributed by atoms with E-state index >= 15 is 0 Å². The Balaban J connectivity index is 0.000000389. The Hall–Kier alpha value is -2.01. The third-order valence-corrected chi connectivity index (χ3v) is 5.84. The molecule has 0 bridgehead atoms. The number of aliphatic hydroxyl groups is 1. The van der Waals surface area contributed by atoms with Crippen LogP contribution in [-0.4, -0.2) is 46.2 Å². The first-order valence-electron chi connectivity index (χ1n) is 12.6. The summed E-state index contributed by atoms with van der Waals surface area (Å²) in [7, 11) is 2.14. The molecule has 2 N–H and O–H groups in total. The Bertz CT molecular complexity index is 633. The molecule has 0 radical (unpaired) electrons. The van der Waals surface area contributed by atoms with Crippen molar-refractivity contribution in [3.8, 4) is 0 Å². The van der Waals surface area contributed by atoms with Crippen LogP contribution in [0.4, 0.5) is 0 Å². The maximum Gasteiger partial charge on any atom is 0.335 e. The summed E-state index contributed by atoms with van der Waals surface area (Å²) < 4.78 is 0. The molecule has 0 aliphatic carbocycles. The fourth-order valence-electron chi connectivity index (χ4n) is 3.87. The second-order valence-corrected chi connectivity index (χ2v) is 8.92. The maximum absolute atomic E-state index is 10.4. The van der Waals surface area contributed by atoms with Crippen LogP contribution in [0.1, 0.15) is 106 Å². The van der Waals surface area contributed by atoms with Gasteiger partial charge < -0.3 is 20.0 Å². The van der Waals surface area contributed by atoms with E-state index in [1.165, 1.54) is 102 Å². The number of nitrogens with zero attached hydrogens (tertiary/aromatic N) is 2. The molecule has 182 valence electrons. The molecule has 0 aromatic heterocycles. The molecule has 5 nitrogen and oxygen atoms in total. The third kappa shape index (κ3) is 14.1. The molecule has 5 heteroatoms. The predicted molar refractivity (Wildman–Crippen MR) is 133 cm³/mol. The molecule has 1 aliphatic rings. The number of hydrogen-bond acceptors (Lipinski definition) is 4. The number of hydrogen-bond donors (Lipinski definition) is 2. The minimum Gasteiger partial charge on any atom is -0.478 e. The Morgan fingerprint density at radius 3 is 1.91 bits per heavy atom. The smallest absolute Gasteiger partial charge is 0.335 e.